The van der Waals surface area contributed by atoms with E-state index in [9.17, 15) is 14.7 Å². The summed E-state index contributed by atoms with van der Waals surface area (Å²) in [6.07, 6.45) is 8.41. The van der Waals surface area contributed by atoms with Gasteiger partial charge in [0.15, 0.2) is 6.23 Å². The van der Waals surface area contributed by atoms with Crippen molar-refractivity contribution in [3.63, 3.8) is 0 Å². The van der Waals surface area contributed by atoms with Crippen LogP contribution in [0.15, 0.2) is 79.1 Å². The number of aliphatic hydroxyl groups excluding tert-OH is 1. The molecule has 7 heteroatoms. The summed E-state index contributed by atoms with van der Waals surface area (Å²) in [7, 11) is 3.29. The Labute approximate surface area is 228 Å². The van der Waals surface area contributed by atoms with Gasteiger partial charge in [-0.1, -0.05) is 61.7 Å². The molecular weight excluding hydrogens is 490 g/mol. The number of methoxy groups -OCH3 is 1. The molecule has 5 rings (SSSR count). The fourth-order valence-electron chi connectivity index (χ4n) is 5.25. The molecule has 1 aliphatic carbocycles. The number of hydrogen-bond donors (Lipinski definition) is 1. The van der Waals surface area contributed by atoms with Crippen molar-refractivity contribution in [1.82, 2.24) is 9.55 Å². The van der Waals surface area contributed by atoms with Gasteiger partial charge in [0.2, 0.25) is 5.91 Å². The second-order valence-corrected chi connectivity index (χ2v) is 10.0. The summed E-state index contributed by atoms with van der Waals surface area (Å²) < 4.78 is 6.68. The quantitative estimate of drug-likeness (QED) is 0.182. The summed E-state index contributed by atoms with van der Waals surface area (Å²) in [4.78, 5) is 31.3. The number of anilines is 1. The Morgan fingerprint density at radius 1 is 1.03 bits per heavy atom. The third kappa shape index (κ3) is 5.78. The molecule has 200 valence electrons. The summed E-state index contributed by atoms with van der Waals surface area (Å²) >= 11 is 0. The lowest BCUT2D eigenvalue weighted by Gasteiger charge is -2.33. The summed E-state index contributed by atoms with van der Waals surface area (Å²) in [5.41, 5.74) is 5.97. The number of carbonyl (C=O) groups is 2. The number of carbonyl (C=O) groups excluding carboxylic acids is 2. The van der Waals surface area contributed by atoms with E-state index in [4.69, 9.17) is 4.74 Å². The minimum Gasteiger partial charge on any atom is -0.466 e. The van der Waals surface area contributed by atoms with Crippen LogP contribution < -0.4 is 4.90 Å². The number of aryl methyl sites for hydroxylation is 1. The second-order valence-electron chi connectivity index (χ2n) is 10.0. The Morgan fingerprint density at radius 3 is 2.51 bits per heavy atom. The lowest BCUT2D eigenvalue weighted by Crippen LogP contribution is -2.40. The average molecular weight is 524 g/mol. The zero-order valence-electron chi connectivity index (χ0n) is 22.3. The summed E-state index contributed by atoms with van der Waals surface area (Å²) in [5, 5.41) is 11.6. The minimum absolute atomic E-state index is 0.0815. The van der Waals surface area contributed by atoms with Crippen LogP contribution in [0.25, 0.3) is 28.2 Å². The summed E-state index contributed by atoms with van der Waals surface area (Å²) in [5.74, 6) is -0.673. The van der Waals surface area contributed by atoms with Gasteiger partial charge in [0.05, 0.1) is 24.5 Å². The first-order chi connectivity index (χ1) is 18.9. The van der Waals surface area contributed by atoms with Gasteiger partial charge in [0.25, 0.3) is 0 Å². The van der Waals surface area contributed by atoms with E-state index in [1.807, 2.05) is 66.2 Å². The molecule has 0 spiro atoms. The molecule has 0 aliphatic heterocycles. The largest absolute Gasteiger partial charge is 0.466 e. The molecule has 1 amide bonds. The van der Waals surface area contributed by atoms with Crippen molar-refractivity contribution in [3.8, 4) is 11.1 Å². The zero-order chi connectivity index (χ0) is 27.4. The topological polar surface area (TPSA) is 84.7 Å². The van der Waals surface area contributed by atoms with Crippen LogP contribution in [0.1, 0.15) is 49.5 Å². The van der Waals surface area contributed by atoms with E-state index in [0.717, 1.165) is 59.8 Å². The first kappa shape index (κ1) is 26.4. The van der Waals surface area contributed by atoms with E-state index in [2.05, 4.69) is 11.1 Å². The lowest BCUT2D eigenvalue weighted by molar-refractivity contribution is -0.134. The summed E-state index contributed by atoms with van der Waals surface area (Å²) in [6, 6.07) is 21.1. The van der Waals surface area contributed by atoms with E-state index in [0.29, 0.717) is 11.3 Å². The van der Waals surface area contributed by atoms with Crippen LogP contribution in [0.2, 0.25) is 0 Å². The van der Waals surface area contributed by atoms with Crippen molar-refractivity contribution in [2.75, 3.05) is 12.0 Å². The van der Waals surface area contributed by atoms with Gasteiger partial charge in [-0.2, -0.15) is 0 Å². The maximum absolute atomic E-state index is 13.8. The highest BCUT2D eigenvalue weighted by atomic mass is 16.5. The fourth-order valence-corrected chi connectivity index (χ4v) is 5.25. The molecule has 1 fully saturated rings. The van der Waals surface area contributed by atoms with E-state index in [1.54, 1.807) is 18.5 Å². The number of nitrogens with zero attached hydrogens (tertiary/aromatic N) is 3. The Hall–Kier alpha value is -4.23. The maximum atomic E-state index is 13.8. The number of imidazole rings is 1. The number of esters is 1. The van der Waals surface area contributed by atoms with Crippen LogP contribution >= 0.6 is 0 Å². The molecule has 0 radical (unpaired) electrons. The van der Waals surface area contributed by atoms with Gasteiger partial charge >= 0.3 is 5.97 Å². The number of rotatable bonds is 7. The molecule has 3 aromatic carbocycles. The second kappa shape index (κ2) is 11.7. The Kier molecular flexibility index (Phi) is 7.89. The van der Waals surface area contributed by atoms with Gasteiger partial charge in [-0.15, -0.1) is 0 Å². The van der Waals surface area contributed by atoms with Gasteiger partial charge in [-0.25, -0.2) is 9.78 Å². The number of aromatic nitrogens is 2. The van der Waals surface area contributed by atoms with Gasteiger partial charge in [0, 0.05) is 30.3 Å². The molecule has 1 aromatic heterocycles. The standard InChI is InChI=1S/C32H33N3O4/c1-34-21-33-28-17-16-26(20-29(28)34)23-12-14-25(15-13-23)32(38)35(31(37)24-8-4-3-5-9-24)27-10-6-7-22(19-27)11-18-30(36)39-2/h6-7,10-21,24,32,38H,3-5,8-9H2,1-2H3/b18-11+. The Morgan fingerprint density at radius 2 is 1.77 bits per heavy atom. The SMILES string of the molecule is COC(=O)/C=C/c1cccc(N(C(=O)C2CCCCC2)C(O)c2ccc(-c3ccc4ncn(C)c4c3)cc2)c1. The Bertz CT molecular complexity index is 1500. The van der Waals surface area contributed by atoms with Crippen molar-refractivity contribution in [3.05, 3.63) is 90.3 Å². The summed E-state index contributed by atoms with van der Waals surface area (Å²) in [6.45, 7) is 0. The molecule has 1 N–H and O–H groups in total. The van der Waals surface area contributed by atoms with Crippen molar-refractivity contribution in [1.29, 1.82) is 0 Å². The molecule has 4 aromatic rings. The van der Waals surface area contributed by atoms with E-state index in [1.165, 1.54) is 18.1 Å². The van der Waals surface area contributed by atoms with Crippen LogP contribution in [0.5, 0.6) is 0 Å². The predicted octanol–water partition coefficient (Wildman–Crippen LogP) is 6.03. The molecule has 1 saturated carbocycles. The molecule has 1 unspecified atom stereocenters. The molecule has 1 atom stereocenters. The molecule has 1 aliphatic rings. The zero-order valence-corrected chi connectivity index (χ0v) is 22.3. The first-order valence-corrected chi connectivity index (χ1v) is 13.3. The highest BCUT2D eigenvalue weighted by Crippen LogP contribution is 2.34. The molecule has 0 saturated heterocycles. The Balaban J connectivity index is 1.46. The van der Waals surface area contributed by atoms with Gasteiger partial charge in [0.1, 0.15) is 0 Å². The average Bonchev–Trinajstić information content (AvgIpc) is 3.36. The van der Waals surface area contributed by atoms with Crippen molar-refractivity contribution in [2.24, 2.45) is 13.0 Å². The van der Waals surface area contributed by atoms with Crippen LogP contribution in [0, 0.1) is 5.92 Å². The molecule has 39 heavy (non-hydrogen) atoms. The van der Waals surface area contributed by atoms with Gasteiger partial charge in [-0.3, -0.25) is 9.69 Å². The molecular formula is C32H33N3O4. The van der Waals surface area contributed by atoms with Crippen LogP contribution in [-0.2, 0) is 21.4 Å². The molecule has 1 heterocycles. The van der Waals surface area contributed by atoms with E-state index < -0.39 is 12.2 Å². The van der Waals surface area contributed by atoms with Crippen LogP contribution in [-0.4, -0.2) is 33.6 Å². The van der Waals surface area contributed by atoms with Gasteiger partial charge < -0.3 is 14.4 Å². The third-order valence-electron chi connectivity index (χ3n) is 7.47. The number of benzene rings is 3. The van der Waals surface area contributed by atoms with Crippen LogP contribution in [0.3, 0.4) is 0 Å². The number of ether oxygens (including phenoxy) is 1. The van der Waals surface area contributed by atoms with E-state index >= 15 is 0 Å². The van der Waals surface area contributed by atoms with E-state index in [-0.39, 0.29) is 11.8 Å². The highest BCUT2D eigenvalue weighted by Gasteiger charge is 2.32. The number of amides is 1. The monoisotopic (exact) mass is 523 g/mol. The van der Waals surface area contributed by atoms with Crippen molar-refractivity contribution in [2.45, 2.75) is 38.3 Å². The van der Waals surface area contributed by atoms with Crippen LogP contribution in [0.4, 0.5) is 5.69 Å². The first-order valence-electron chi connectivity index (χ1n) is 13.3. The normalized spacial score (nSPS) is 14.9. The number of aliphatic hydroxyl groups is 1. The molecule has 7 nitrogen and oxygen atoms in total. The number of hydrogen-bond acceptors (Lipinski definition) is 5. The smallest absolute Gasteiger partial charge is 0.330 e. The fraction of sp³-hybridized carbons (Fsp3) is 0.281. The maximum Gasteiger partial charge on any atom is 0.330 e. The van der Waals surface area contributed by atoms with Gasteiger partial charge in [-0.05, 0) is 59.9 Å². The number of fused-ring (bicyclic) bond motifs is 1. The minimum atomic E-state index is -1.16. The molecule has 0 bridgehead atoms. The van der Waals surface area contributed by atoms with Crippen molar-refractivity contribution >= 4 is 34.7 Å². The highest BCUT2D eigenvalue weighted by molar-refractivity contribution is 5.96. The lowest BCUT2D eigenvalue weighted by atomic mass is 9.88. The predicted molar refractivity (Wildman–Crippen MR) is 153 cm³/mol. The third-order valence-corrected chi connectivity index (χ3v) is 7.47. The van der Waals surface area contributed by atoms with Crippen molar-refractivity contribution < 1.29 is 19.4 Å².